The molecule has 0 aliphatic rings. The maximum atomic E-state index is 13.3. The van der Waals surface area contributed by atoms with E-state index in [1.807, 2.05) is 30.5 Å². The van der Waals surface area contributed by atoms with E-state index in [9.17, 15) is 12.8 Å². The second-order valence-corrected chi connectivity index (χ2v) is 10.6. The van der Waals surface area contributed by atoms with Crippen LogP contribution >= 0.6 is 11.8 Å². The quantitative estimate of drug-likeness (QED) is 0.295. The van der Waals surface area contributed by atoms with Crippen LogP contribution in [0.1, 0.15) is 18.9 Å². The standard InChI is InChI=1S/C25H24FN3O2S2/c1-3-14-29-23(19-10-12-27-13-11-19)16-28-25(29)32-17-21-5-4-20(15-24(21)33(2,30)31)18-6-8-22(26)9-7-18/h4-13,15-16H,3,14,17H2,1-2H3. The molecule has 0 spiro atoms. The Morgan fingerprint density at radius 1 is 0.970 bits per heavy atom. The highest BCUT2D eigenvalue weighted by Gasteiger charge is 2.17. The highest BCUT2D eigenvalue weighted by molar-refractivity contribution is 7.98. The lowest BCUT2D eigenvalue weighted by Crippen LogP contribution is -2.04. The van der Waals surface area contributed by atoms with E-state index in [0.717, 1.165) is 40.5 Å². The molecule has 0 unspecified atom stereocenters. The predicted octanol–water partition coefficient (Wildman–Crippen LogP) is 5.86. The molecule has 5 nitrogen and oxygen atoms in total. The average Bonchev–Trinajstić information content (AvgIpc) is 3.21. The van der Waals surface area contributed by atoms with Crippen molar-refractivity contribution in [1.29, 1.82) is 0 Å². The fourth-order valence-corrected chi connectivity index (χ4v) is 5.71. The van der Waals surface area contributed by atoms with E-state index in [4.69, 9.17) is 0 Å². The minimum Gasteiger partial charge on any atom is -0.319 e. The molecule has 0 bridgehead atoms. The van der Waals surface area contributed by atoms with Crippen LogP contribution in [0.4, 0.5) is 4.39 Å². The zero-order valence-corrected chi connectivity index (χ0v) is 20.0. The lowest BCUT2D eigenvalue weighted by molar-refractivity contribution is 0.601. The third-order valence-corrected chi connectivity index (χ3v) is 7.46. The van der Waals surface area contributed by atoms with Crippen molar-refractivity contribution in [3.8, 4) is 22.4 Å². The molecule has 4 rings (SSSR count). The van der Waals surface area contributed by atoms with Crippen LogP contribution in [0, 0.1) is 5.82 Å². The Kier molecular flexibility index (Phi) is 6.95. The molecule has 0 saturated heterocycles. The fraction of sp³-hybridized carbons (Fsp3) is 0.200. The molecule has 4 aromatic rings. The summed E-state index contributed by atoms with van der Waals surface area (Å²) in [6.45, 7) is 2.92. The van der Waals surface area contributed by atoms with Crippen molar-refractivity contribution in [3.05, 3.63) is 84.6 Å². The Morgan fingerprint density at radius 2 is 1.67 bits per heavy atom. The number of hydrogen-bond donors (Lipinski definition) is 0. The third kappa shape index (κ3) is 5.34. The van der Waals surface area contributed by atoms with Gasteiger partial charge in [0, 0.05) is 36.5 Å². The molecule has 0 amide bonds. The van der Waals surface area contributed by atoms with Gasteiger partial charge in [-0.3, -0.25) is 4.98 Å². The number of benzene rings is 2. The Hall–Kier alpha value is -2.97. The topological polar surface area (TPSA) is 64.8 Å². The molecule has 0 radical (unpaired) electrons. The summed E-state index contributed by atoms with van der Waals surface area (Å²) in [6.07, 6.45) is 7.52. The normalized spacial score (nSPS) is 11.6. The summed E-state index contributed by atoms with van der Waals surface area (Å²) in [7, 11) is -3.46. The van der Waals surface area contributed by atoms with Gasteiger partial charge in [0.1, 0.15) is 5.82 Å². The Labute approximate surface area is 197 Å². The van der Waals surface area contributed by atoms with Crippen LogP contribution < -0.4 is 0 Å². The number of nitrogens with zero attached hydrogens (tertiary/aromatic N) is 3. The molecular weight excluding hydrogens is 457 g/mol. The molecule has 0 atom stereocenters. The second-order valence-electron chi connectivity index (χ2n) is 7.70. The molecule has 170 valence electrons. The van der Waals surface area contributed by atoms with Gasteiger partial charge < -0.3 is 4.57 Å². The molecule has 2 heterocycles. The SMILES string of the molecule is CCCn1c(-c2ccncc2)cnc1SCc1ccc(-c2ccc(F)cc2)cc1S(C)(=O)=O. The van der Waals surface area contributed by atoms with E-state index >= 15 is 0 Å². The third-order valence-electron chi connectivity index (χ3n) is 5.24. The average molecular weight is 482 g/mol. The first-order valence-corrected chi connectivity index (χ1v) is 13.4. The number of halogens is 1. The van der Waals surface area contributed by atoms with Gasteiger partial charge in [-0.25, -0.2) is 17.8 Å². The largest absolute Gasteiger partial charge is 0.319 e. The van der Waals surface area contributed by atoms with Gasteiger partial charge in [-0.15, -0.1) is 0 Å². The maximum Gasteiger partial charge on any atom is 0.175 e. The molecule has 8 heteroatoms. The summed E-state index contributed by atoms with van der Waals surface area (Å²) < 4.78 is 40.6. The smallest absolute Gasteiger partial charge is 0.175 e. The first-order valence-electron chi connectivity index (χ1n) is 10.5. The zero-order valence-electron chi connectivity index (χ0n) is 18.4. The van der Waals surface area contributed by atoms with Crippen LogP contribution in [0.25, 0.3) is 22.4 Å². The number of pyridine rings is 1. The number of rotatable bonds is 8. The summed E-state index contributed by atoms with van der Waals surface area (Å²) in [4.78, 5) is 8.97. The van der Waals surface area contributed by atoms with Crippen molar-refractivity contribution in [2.75, 3.05) is 6.26 Å². The Bertz CT molecular complexity index is 1350. The summed E-state index contributed by atoms with van der Waals surface area (Å²) in [5.74, 6) is 0.131. The summed E-state index contributed by atoms with van der Waals surface area (Å²) in [5, 5.41) is 0.839. The molecule has 0 aliphatic carbocycles. The van der Waals surface area contributed by atoms with Gasteiger partial charge >= 0.3 is 0 Å². The van der Waals surface area contributed by atoms with Gasteiger partial charge in [0.2, 0.25) is 0 Å². The first-order chi connectivity index (χ1) is 15.9. The van der Waals surface area contributed by atoms with E-state index in [-0.39, 0.29) is 10.7 Å². The van der Waals surface area contributed by atoms with E-state index in [2.05, 4.69) is 21.5 Å². The van der Waals surface area contributed by atoms with E-state index in [1.165, 1.54) is 30.2 Å². The Morgan fingerprint density at radius 3 is 2.33 bits per heavy atom. The minimum absolute atomic E-state index is 0.278. The highest BCUT2D eigenvalue weighted by Crippen LogP contribution is 2.32. The number of thioether (sulfide) groups is 1. The van der Waals surface area contributed by atoms with Crippen molar-refractivity contribution in [2.24, 2.45) is 0 Å². The highest BCUT2D eigenvalue weighted by atomic mass is 32.2. The van der Waals surface area contributed by atoms with E-state index in [1.54, 1.807) is 30.6 Å². The maximum absolute atomic E-state index is 13.3. The number of imidazole rings is 1. The first kappa shape index (κ1) is 23.2. The van der Waals surface area contributed by atoms with Crippen LogP contribution in [-0.2, 0) is 22.1 Å². The lowest BCUT2D eigenvalue weighted by atomic mass is 10.0. The van der Waals surface area contributed by atoms with Crippen molar-refractivity contribution in [1.82, 2.24) is 14.5 Å². The molecular formula is C25H24FN3O2S2. The van der Waals surface area contributed by atoms with Crippen LogP contribution in [0.2, 0.25) is 0 Å². The molecule has 0 saturated carbocycles. The van der Waals surface area contributed by atoms with Gasteiger partial charge in [0.25, 0.3) is 0 Å². The number of hydrogen-bond acceptors (Lipinski definition) is 5. The van der Waals surface area contributed by atoms with Gasteiger partial charge in [-0.1, -0.05) is 43.0 Å². The van der Waals surface area contributed by atoms with Crippen LogP contribution in [-0.4, -0.2) is 29.2 Å². The molecule has 0 fully saturated rings. The van der Waals surface area contributed by atoms with Crippen LogP contribution in [0.15, 0.2) is 83.2 Å². The Balaban J connectivity index is 1.64. The van der Waals surface area contributed by atoms with Crippen molar-refractivity contribution in [3.63, 3.8) is 0 Å². The van der Waals surface area contributed by atoms with Crippen molar-refractivity contribution in [2.45, 2.75) is 35.7 Å². The monoisotopic (exact) mass is 481 g/mol. The summed E-state index contributed by atoms with van der Waals surface area (Å²) in [6, 6.07) is 15.3. The van der Waals surface area contributed by atoms with Gasteiger partial charge in [-0.2, -0.15) is 0 Å². The van der Waals surface area contributed by atoms with Crippen LogP contribution in [0.5, 0.6) is 0 Å². The lowest BCUT2D eigenvalue weighted by Gasteiger charge is -2.13. The summed E-state index contributed by atoms with van der Waals surface area (Å²) in [5.41, 5.74) is 4.26. The summed E-state index contributed by atoms with van der Waals surface area (Å²) >= 11 is 1.51. The van der Waals surface area contributed by atoms with Gasteiger partial charge in [0.15, 0.2) is 15.0 Å². The number of sulfone groups is 1. The van der Waals surface area contributed by atoms with Crippen molar-refractivity contribution >= 4 is 21.6 Å². The minimum atomic E-state index is -3.46. The zero-order chi connectivity index (χ0) is 23.4. The molecule has 2 aromatic heterocycles. The second kappa shape index (κ2) is 9.89. The molecule has 0 N–H and O–H groups in total. The van der Waals surface area contributed by atoms with Gasteiger partial charge in [0.05, 0.1) is 16.8 Å². The van der Waals surface area contributed by atoms with Crippen molar-refractivity contribution < 1.29 is 12.8 Å². The molecule has 33 heavy (non-hydrogen) atoms. The van der Waals surface area contributed by atoms with Crippen LogP contribution in [0.3, 0.4) is 0 Å². The van der Waals surface area contributed by atoms with Gasteiger partial charge in [-0.05, 0) is 53.4 Å². The van der Waals surface area contributed by atoms with E-state index < -0.39 is 9.84 Å². The fourth-order valence-electron chi connectivity index (χ4n) is 3.65. The molecule has 0 aliphatic heterocycles. The van der Waals surface area contributed by atoms with E-state index in [0.29, 0.717) is 11.3 Å². The number of aromatic nitrogens is 3. The molecule has 2 aromatic carbocycles. The predicted molar refractivity (Wildman–Crippen MR) is 130 cm³/mol.